The minimum Gasteiger partial charge on any atom is -0.444 e. The third-order valence-corrected chi connectivity index (χ3v) is 8.47. The second kappa shape index (κ2) is 14.8. The number of hydrogen-bond acceptors (Lipinski definition) is 9. The number of aromatic nitrogens is 1. The third-order valence-electron chi connectivity index (χ3n) is 5.27. The minimum atomic E-state index is -4.69. The molecule has 3 rings (SSSR count). The van der Waals surface area contributed by atoms with Crippen molar-refractivity contribution < 1.29 is 40.7 Å². The summed E-state index contributed by atoms with van der Waals surface area (Å²) < 4.78 is 73.2. The zero-order valence-electron chi connectivity index (χ0n) is 24.1. The van der Waals surface area contributed by atoms with Crippen molar-refractivity contribution in [3.05, 3.63) is 30.0 Å². The summed E-state index contributed by atoms with van der Waals surface area (Å²) >= 11 is 0.643. The van der Waals surface area contributed by atoms with Gasteiger partial charge in [-0.2, -0.15) is 13.2 Å². The highest BCUT2D eigenvalue weighted by Crippen LogP contribution is 2.31. The highest BCUT2D eigenvalue weighted by molar-refractivity contribution is 7.91. The Labute approximate surface area is 247 Å². The number of halogens is 3. The number of nitrogens with one attached hydrogen (secondary N) is 2. The van der Waals surface area contributed by atoms with Gasteiger partial charge in [-0.1, -0.05) is 18.3 Å². The van der Waals surface area contributed by atoms with Crippen molar-refractivity contribution in [1.82, 2.24) is 9.71 Å². The highest BCUT2D eigenvalue weighted by atomic mass is 32.2. The van der Waals surface area contributed by atoms with E-state index in [0.29, 0.717) is 36.7 Å². The molecule has 1 fully saturated rings. The smallest absolute Gasteiger partial charge is 0.405 e. The molecule has 236 valence electrons. The van der Waals surface area contributed by atoms with E-state index in [1.54, 1.807) is 32.9 Å². The van der Waals surface area contributed by atoms with E-state index in [1.807, 2.05) is 19.1 Å². The molecule has 0 unspecified atom stereocenters. The lowest BCUT2D eigenvalue weighted by Gasteiger charge is -2.29. The predicted molar refractivity (Wildman–Crippen MR) is 155 cm³/mol. The highest BCUT2D eigenvalue weighted by Gasteiger charge is 2.32. The predicted octanol–water partition coefficient (Wildman–Crippen LogP) is 4.46. The fourth-order valence-corrected chi connectivity index (χ4v) is 6.14. The third kappa shape index (κ3) is 11.6. The standard InChI is InChI=1S/C20H26F3N5O4S2.C5H11NO2/c1-3-8-28(19-25-14(2)17(33-19)34(30,31)24-13-20(21,22)23)18(29)26-15-4-6-16(7-5-15)27-9-11-32-12-10-27;1-5(2,3)8-4(6)7/h4-7,24H,3,8-13H2,1-2H3,(H,26,29);1-3H3,(H2,6,7). The molecule has 1 saturated heterocycles. The fraction of sp³-hybridized carbons (Fsp3) is 0.560. The second-order valence-corrected chi connectivity index (χ2v) is 13.0. The Morgan fingerprint density at radius 2 is 1.76 bits per heavy atom. The molecule has 17 heteroatoms. The van der Waals surface area contributed by atoms with Crippen LogP contribution in [0.15, 0.2) is 28.5 Å². The van der Waals surface area contributed by atoms with Crippen molar-refractivity contribution in [2.45, 2.75) is 57.0 Å². The molecular formula is C25H37F3N6O6S2. The van der Waals surface area contributed by atoms with E-state index < -0.39 is 40.5 Å². The Hall–Kier alpha value is -3.15. The lowest BCUT2D eigenvalue weighted by Crippen LogP contribution is -2.36. The molecule has 0 atom stereocenters. The normalized spacial score (nSPS) is 14.0. The number of nitrogens with two attached hydrogens (primary N) is 1. The van der Waals surface area contributed by atoms with Crippen LogP contribution in [0.3, 0.4) is 0 Å². The number of primary amides is 1. The Bertz CT molecular complexity index is 1290. The lowest BCUT2D eigenvalue weighted by atomic mass is 10.2. The SMILES string of the molecule is CC(C)(C)OC(N)=O.CCCN(C(=O)Nc1ccc(N2CCOCC2)cc1)c1nc(C)c(S(=O)(=O)NCC(F)(F)F)s1. The number of carbonyl (C=O) groups is 2. The van der Waals surface area contributed by atoms with Crippen LogP contribution in [0.5, 0.6) is 0 Å². The van der Waals surface area contributed by atoms with Crippen molar-refractivity contribution in [1.29, 1.82) is 0 Å². The van der Waals surface area contributed by atoms with Crippen molar-refractivity contribution >= 4 is 50.0 Å². The summed E-state index contributed by atoms with van der Waals surface area (Å²) in [6.45, 7) is 9.90. The van der Waals surface area contributed by atoms with Gasteiger partial charge in [0, 0.05) is 31.0 Å². The Morgan fingerprint density at radius 3 is 2.24 bits per heavy atom. The molecule has 0 saturated carbocycles. The van der Waals surface area contributed by atoms with E-state index in [4.69, 9.17) is 10.5 Å². The number of benzene rings is 1. The molecule has 1 aliphatic rings. The summed E-state index contributed by atoms with van der Waals surface area (Å²) in [6.07, 6.45) is -4.87. The van der Waals surface area contributed by atoms with Crippen molar-refractivity contribution in [2.24, 2.45) is 5.73 Å². The van der Waals surface area contributed by atoms with Crippen LogP contribution in [0.1, 0.15) is 39.8 Å². The molecule has 0 spiro atoms. The average Bonchev–Trinajstić information content (AvgIpc) is 3.27. The number of alkyl halides is 3. The van der Waals surface area contributed by atoms with E-state index >= 15 is 0 Å². The largest absolute Gasteiger partial charge is 0.444 e. The first-order valence-electron chi connectivity index (χ1n) is 13.0. The molecular weight excluding hydrogens is 601 g/mol. The van der Waals surface area contributed by atoms with E-state index in [-0.39, 0.29) is 21.6 Å². The zero-order valence-corrected chi connectivity index (χ0v) is 25.7. The van der Waals surface area contributed by atoms with Crippen LogP contribution in [-0.2, 0) is 19.5 Å². The first-order chi connectivity index (χ1) is 19.4. The number of carbonyl (C=O) groups excluding carboxylic acids is 2. The van der Waals surface area contributed by atoms with E-state index in [2.05, 4.69) is 19.9 Å². The molecule has 12 nitrogen and oxygen atoms in total. The van der Waals surface area contributed by atoms with Gasteiger partial charge in [-0.05, 0) is 58.4 Å². The molecule has 1 aliphatic heterocycles. The number of ether oxygens (including phenoxy) is 2. The van der Waals surface area contributed by atoms with Gasteiger partial charge in [0.05, 0.1) is 18.9 Å². The molecule has 2 heterocycles. The Morgan fingerprint density at radius 1 is 1.17 bits per heavy atom. The molecule has 1 aromatic carbocycles. The van der Waals surface area contributed by atoms with Crippen LogP contribution in [0.2, 0.25) is 0 Å². The maximum Gasteiger partial charge on any atom is 0.405 e. The van der Waals surface area contributed by atoms with Gasteiger partial charge in [0.25, 0.3) is 10.0 Å². The molecule has 0 radical (unpaired) electrons. The number of hydrogen-bond donors (Lipinski definition) is 3. The average molecular weight is 639 g/mol. The molecule has 4 N–H and O–H groups in total. The van der Waals surface area contributed by atoms with Crippen molar-refractivity contribution in [3.8, 4) is 0 Å². The molecule has 42 heavy (non-hydrogen) atoms. The van der Waals surface area contributed by atoms with Crippen molar-refractivity contribution in [3.63, 3.8) is 0 Å². The van der Waals surface area contributed by atoms with Gasteiger partial charge in [0.2, 0.25) is 0 Å². The molecule has 3 amide bonds. The zero-order chi connectivity index (χ0) is 31.7. The number of thiazole rings is 1. The van der Waals surface area contributed by atoms with Gasteiger partial charge < -0.3 is 25.4 Å². The number of morpholine rings is 1. The van der Waals surface area contributed by atoms with Crippen molar-refractivity contribution in [2.75, 3.05) is 54.5 Å². The lowest BCUT2D eigenvalue weighted by molar-refractivity contribution is -0.121. The monoisotopic (exact) mass is 638 g/mol. The topological polar surface area (TPSA) is 156 Å². The summed E-state index contributed by atoms with van der Waals surface area (Å²) in [4.78, 5) is 30.6. The van der Waals surface area contributed by atoms with Crippen LogP contribution in [0, 0.1) is 6.92 Å². The number of amides is 3. The van der Waals surface area contributed by atoms with Gasteiger partial charge in [0.15, 0.2) is 9.34 Å². The van der Waals surface area contributed by atoms with Crippen LogP contribution in [0.4, 0.5) is 39.3 Å². The van der Waals surface area contributed by atoms with Crippen LogP contribution < -0.4 is 25.6 Å². The van der Waals surface area contributed by atoms with E-state index in [0.717, 1.165) is 18.8 Å². The maximum atomic E-state index is 13.0. The number of aryl methyl sites for hydroxylation is 1. The first-order valence-corrected chi connectivity index (χ1v) is 15.3. The van der Waals surface area contributed by atoms with Gasteiger partial charge in [-0.25, -0.2) is 27.7 Å². The van der Waals surface area contributed by atoms with Crippen LogP contribution in [-0.4, -0.2) is 76.7 Å². The number of sulfonamides is 1. The van der Waals surface area contributed by atoms with E-state index in [1.165, 1.54) is 16.5 Å². The number of anilines is 3. The number of urea groups is 1. The maximum absolute atomic E-state index is 13.0. The summed E-state index contributed by atoms with van der Waals surface area (Å²) in [5.41, 5.74) is 5.82. The minimum absolute atomic E-state index is 0.0124. The van der Waals surface area contributed by atoms with Gasteiger partial charge in [-0.3, -0.25) is 4.90 Å². The van der Waals surface area contributed by atoms with Gasteiger partial charge in [-0.15, -0.1) is 0 Å². The molecule has 0 bridgehead atoms. The van der Waals surface area contributed by atoms with Gasteiger partial charge in [0.1, 0.15) is 12.1 Å². The molecule has 1 aromatic heterocycles. The fourth-order valence-electron chi connectivity index (χ4n) is 3.55. The summed E-state index contributed by atoms with van der Waals surface area (Å²) in [6, 6.07) is 6.76. The number of nitrogens with zero attached hydrogens (tertiary/aromatic N) is 3. The Kier molecular flexibility index (Phi) is 12.4. The molecule has 2 aromatic rings. The number of rotatable bonds is 8. The second-order valence-electron chi connectivity index (χ2n) is 10.1. The summed E-state index contributed by atoms with van der Waals surface area (Å²) in [7, 11) is -4.44. The summed E-state index contributed by atoms with van der Waals surface area (Å²) in [5.74, 6) is 0. The quantitative estimate of drug-likeness (QED) is 0.383. The van der Waals surface area contributed by atoms with Gasteiger partial charge >= 0.3 is 18.3 Å². The first kappa shape index (κ1) is 35.0. The summed E-state index contributed by atoms with van der Waals surface area (Å²) in [5, 5.41) is 2.84. The Balaban J connectivity index is 0.000000675. The molecule has 0 aliphatic carbocycles. The van der Waals surface area contributed by atoms with Crippen LogP contribution >= 0.6 is 11.3 Å². The van der Waals surface area contributed by atoms with E-state index in [9.17, 15) is 31.2 Å². The van der Waals surface area contributed by atoms with Crippen LogP contribution in [0.25, 0.3) is 0 Å².